The molecule has 3 unspecified atom stereocenters. The molecule has 45 heavy (non-hydrogen) atoms. The first-order valence-electron chi connectivity index (χ1n) is 15.1. The van der Waals surface area contributed by atoms with E-state index >= 15 is 0 Å². The topological polar surface area (TPSA) is 138 Å². The minimum absolute atomic E-state index is 0.0591. The van der Waals surface area contributed by atoms with E-state index in [9.17, 15) is 19.5 Å². The van der Waals surface area contributed by atoms with Gasteiger partial charge in [0, 0.05) is 46.9 Å². The zero-order valence-corrected chi connectivity index (χ0v) is 26.8. The minimum atomic E-state index is -1.17. The number of hydrogen-bond acceptors (Lipinski definition) is 9. The monoisotopic (exact) mass is 650 g/mol. The van der Waals surface area contributed by atoms with Crippen molar-refractivity contribution in [2.45, 2.75) is 49.4 Å². The van der Waals surface area contributed by atoms with Gasteiger partial charge in [-0.15, -0.1) is 0 Å². The summed E-state index contributed by atoms with van der Waals surface area (Å²) < 4.78 is 5.08. The molecule has 10 nitrogen and oxygen atoms in total. The van der Waals surface area contributed by atoms with E-state index in [4.69, 9.17) is 9.57 Å². The van der Waals surface area contributed by atoms with Crippen LogP contribution in [-0.4, -0.2) is 72.6 Å². The van der Waals surface area contributed by atoms with Gasteiger partial charge in [-0.2, -0.15) is 11.8 Å². The van der Waals surface area contributed by atoms with E-state index in [1.165, 1.54) is 7.11 Å². The van der Waals surface area contributed by atoms with Gasteiger partial charge in [-0.05, 0) is 49.6 Å². The molecule has 0 aromatic heterocycles. The first-order valence-corrected chi connectivity index (χ1v) is 17.5. The third kappa shape index (κ3) is 8.70. The largest absolute Gasteiger partial charge is 0.465 e. The fourth-order valence-corrected chi connectivity index (χ4v) is 9.66. The minimum Gasteiger partial charge on any atom is -0.465 e. The molecule has 5 rings (SSSR count). The lowest BCUT2D eigenvalue weighted by Crippen LogP contribution is -2.38. The van der Waals surface area contributed by atoms with Gasteiger partial charge >= 0.3 is 5.97 Å². The maximum atomic E-state index is 13.1. The third-order valence-electron chi connectivity index (χ3n) is 7.81. The average Bonchev–Trinajstić information content (AvgIpc) is 3.62. The molecule has 5 N–H and O–H groups in total. The molecule has 2 fully saturated rings. The van der Waals surface area contributed by atoms with E-state index in [-0.39, 0.29) is 25.1 Å². The molecule has 2 amide bonds. The Labute approximate surface area is 268 Å². The Morgan fingerprint density at radius 1 is 0.978 bits per heavy atom. The Kier molecular flexibility index (Phi) is 12.0. The molecule has 0 bridgehead atoms. The van der Waals surface area contributed by atoms with Crippen LogP contribution in [0.25, 0.3) is 0 Å². The van der Waals surface area contributed by atoms with Crippen LogP contribution in [0.3, 0.4) is 0 Å². The number of benzene rings is 3. The number of esters is 1. The van der Waals surface area contributed by atoms with Gasteiger partial charge in [-0.25, -0.2) is 10.3 Å². The van der Waals surface area contributed by atoms with Crippen molar-refractivity contribution in [1.82, 2.24) is 21.4 Å². The van der Waals surface area contributed by atoms with Crippen LogP contribution in [0.4, 0.5) is 0 Å². The Bertz CT molecular complexity index is 1410. The number of aliphatic hydroxyl groups is 1. The molecule has 4 atom stereocenters. The molecule has 2 aliphatic heterocycles. The van der Waals surface area contributed by atoms with E-state index in [1.807, 2.05) is 72.4 Å². The summed E-state index contributed by atoms with van der Waals surface area (Å²) in [7, 11) is 0.170. The van der Waals surface area contributed by atoms with Gasteiger partial charge in [0.2, 0.25) is 5.91 Å². The van der Waals surface area contributed by atoms with Gasteiger partial charge in [-0.1, -0.05) is 67.1 Å². The van der Waals surface area contributed by atoms with Crippen LogP contribution in [0, 0.1) is 0 Å². The van der Waals surface area contributed by atoms with Crippen molar-refractivity contribution in [3.05, 3.63) is 90.0 Å². The molecule has 3 aromatic carbocycles. The third-order valence-corrected chi connectivity index (χ3v) is 11.8. The van der Waals surface area contributed by atoms with Crippen molar-refractivity contribution >= 4 is 53.4 Å². The number of methoxy groups -OCH3 is 1. The van der Waals surface area contributed by atoms with Crippen molar-refractivity contribution in [3.63, 3.8) is 0 Å². The Balaban J connectivity index is 1.11. The smallest absolute Gasteiger partial charge is 0.338 e. The summed E-state index contributed by atoms with van der Waals surface area (Å²) in [6.45, 7) is 0.364. The summed E-state index contributed by atoms with van der Waals surface area (Å²) in [4.78, 5) is 43.5. The molecule has 0 spiro atoms. The number of thioether (sulfide) groups is 1. The zero-order chi connectivity index (χ0) is 31.6. The second-order valence-corrected chi connectivity index (χ2v) is 14.3. The molecule has 0 aliphatic carbocycles. The number of nitrogens with one attached hydrogen (secondary N) is 4. The van der Waals surface area contributed by atoms with Crippen molar-refractivity contribution in [2.24, 2.45) is 0 Å². The predicted octanol–water partition coefficient (Wildman–Crippen LogP) is 1.89. The van der Waals surface area contributed by atoms with Gasteiger partial charge in [0.05, 0.1) is 19.3 Å². The lowest BCUT2D eigenvalue weighted by molar-refractivity contribution is -0.121. The van der Waals surface area contributed by atoms with E-state index in [0.717, 1.165) is 35.6 Å². The van der Waals surface area contributed by atoms with Crippen LogP contribution in [-0.2, 0) is 14.4 Å². The van der Waals surface area contributed by atoms with Crippen LogP contribution >= 0.6 is 19.7 Å². The number of carbonyl (C=O) groups excluding carboxylic acids is 3. The summed E-state index contributed by atoms with van der Waals surface area (Å²) in [6, 6.07) is 25.3. The van der Waals surface area contributed by atoms with E-state index < -0.39 is 26.1 Å². The van der Waals surface area contributed by atoms with Crippen molar-refractivity contribution < 1.29 is 29.1 Å². The zero-order valence-electron chi connectivity index (χ0n) is 25.1. The Hall–Kier alpha value is -3.31. The lowest BCUT2D eigenvalue weighted by Gasteiger charge is -2.22. The van der Waals surface area contributed by atoms with Crippen LogP contribution in [0.15, 0.2) is 78.9 Å². The highest BCUT2D eigenvalue weighted by Gasteiger charge is 2.42. The van der Waals surface area contributed by atoms with E-state index in [1.54, 1.807) is 18.2 Å². The summed E-state index contributed by atoms with van der Waals surface area (Å²) in [6.07, 6.45) is 2.51. The second-order valence-electron chi connectivity index (χ2n) is 10.8. The van der Waals surface area contributed by atoms with Crippen LogP contribution in [0.5, 0.6) is 0 Å². The van der Waals surface area contributed by atoms with Gasteiger partial charge in [0.25, 0.3) is 5.91 Å². The molecule has 3 aromatic rings. The molecule has 0 radical (unpaired) electrons. The van der Waals surface area contributed by atoms with E-state index in [2.05, 4.69) is 21.4 Å². The Morgan fingerprint density at radius 3 is 2.38 bits per heavy atom. The number of hydrogen-bond donors (Lipinski definition) is 5. The maximum Gasteiger partial charge on any atom is 0.338 e. The van der Waals surface area contributed by atoms with Crippen LogP contribution < -0.4 is 37.3 Å². The highest BCUT2D eigenvalue weighted by molar-refractivity contribution is 8.00. The van der Waals surface area contributed by atoms with Gasteiger partial charge in [-0.3, -0.25) is 25.1 Å². The second kappa shape index (κ2) is 16.3. The molecule has 2 saturated heterocycles. The van der Waals surface area contributed by atoms with Crippen molar-refractivity contribution in [1.29, 1.82) is 0 Å². The number of carbonyl (C=O) groups is 3. The quantitative estimate of drug-likeness (QED) is 0.0767. The SMILES string of the molecule is COC(=O)c1ccc(C(=O)NOCCNC(=O)CCCC[C@H]2SCC3NC(O)NC32)cc1P(c1ccccc1)c1ccccc1. The highest BCUT2D eigenvalue weighted by Crippen LogP contribution is 2.35. The fraction of sp³-hybridized carbons (Fsp3) is 0.364. The molecule has 238 valence electrons. The Morgan fingerprint density at radius 2 is 1.69 bits per heavy atom. The number of aliphatic hydroxyl groups excluding tert-OH is 1. The number of rotatable bonds is 14. The summed E-state index contributed by atoms with van der Waals surface area (Å²) >= 11 is 1.91. The molecular formula is C33H39N4O6PS. The first kappa shape index (κ1) is 33.1. The van der Waals surface area contributed by atoms with Crippen LogP contribution in [0.1, 0.15) is 46.4 Å². The first-order chi connectivity index (χ1) is 21.9. The van der Waals surface area contributed by atoms with Crippen LogP contribution in [0.2, 0.25) is 0 Å². The molecule has 2 aliphatic rings. The molecule has 0 saturated carbocycles. The van der Waals surface area contributed by atoms with E-state index in [0.29, 0.717) is 34.1 Å². The van der Waals surface area contributed by atoms with Gasteiger partial charge in [0.15, 0.2) is 6.35 Å². The number of unbranched alkanes of at least 4 members (excludes halogenated alkanes) is 1. The number of amides is 2. The van der Waals surface area contributed by atoms with Gasteiger partial charge in [0.1, 0.15) is 0 Å². The maximum absolute atomic E-state index is 13.1. The standard InChI is InChI=1S/C33H39N4O6PS/c1-42-32(40)25-17-16-22(20-27(25)44(23-10-4-2-5-11-23)24-12-6-3-7-13-24)31(39)37-43-19-18-34-29(38)15-9-8-14-28-30-26(21-45-28)35-33(41)36-30/h2-7,10-13,16-17,20,26,28,30,33,35-36,41H,8-9,14-15,18-19,21H2,1H3,(H,34,38)(H,37,39)/t26?,28-,30?,33?/m1/s1. The molecule has 2 heterocycles. The van der Waals surface area contributed by atoms with Crippen molar-refractivity contribution in [3.8, 4) is 0 Å². The fourth-order valence-electron chi connectivity index (χ4n) is 5.62. The van der Waals surface area contributed by atoms with Crippen molar-refractivity contribution in [2.75, 3.05) is 26.0 Å². The summed E-state index contributed by atoms with van der Waals surface area (Å²) in [5, 5.41) is 22.1. The number of fused-ring (bicyclic) bond motifs is 1. The average molecular weight is 651 g/mol. The summed E-state index contributed by atoms with van der Waals surface area (Å²) in [5.74, 6) is -0.00547. The molecule has 12 heteroatoms. The number of ether oxygens (including phenoxy) is 1. The molecular weight excluding hydrogens is 611 g/mol. The summed E-state index contributed by atoms with van der Waals surface area (Å²) in [5.41, 5.74) is 3.19. The normalized spacial score (nSPS) is 20.5. The lowest BCUT2D eigenvalue weighted by atomic mass is 10.0. The number of hydroxylamine groups is 1. The predicted molar refractivity (Wildman–Crippen MR) is 177 cm³/mol. The highest BCUT2D eigenvalue weighted by atomic mass is 32.2. The van der Waals surface area contributed by atoms with Gasteiger partial charge < -0.3 is 15.2 Å².